The molecule has 2 rings (SSSR count). The summed E-state index contributed by atoms with van der Waals surface area (Å²) in [7, 11) is 3.18. The molecule has 20 heavy (non-hydrogen) atoms. The molecule has 0 aliphatic carbocycles. The zero-order valence-corrected chi connectivity index (χ0v) is 12.5. The van der Waals surface area contributed by atoms with Crippen LogP contribution in [-0.2, 0) is 0 Å². The van der Waals surface area contributed by atoms with Gasteiger partial charge in [0.1, 0.15) is 0 Å². The number of nitrogens with zero attached hydrogens (tertiary/aromatic N) is 2. The lowest BCUT2D eigenvalue weighted by molar-refractivity contribution is 0.355. The van der Waals surface area contributed by atoms with Crippen LogP contribution in [0.25, 0.3) is 11.5 Å². The van der Waals surface area contributed by atoms with Gasteiger partial charge in [0.05, 0.1) is 14.2 Å². The molecule has 0 amide bonds. The molecule has 2 aromatic rings. The number of rotatable bonds is 6. The molecular formula is C14H16N2O3S. The van der Waals surface area contributed by atoms with Gasteiger partial charge < -0.3 is 13.9 Å². The maximum Gasteiger partial charge on any atom is 0.277 e. The van der Waals surface area contributed by atoms with Crippen LogP contribution in [0.15, 0.2) is 40.0 Å². The van der Waals surface area contributed by atoms with E-state index in [-0.39, 0.29) is 0 Å². The number of hydrogen-bond donors (Lipinski definition) is 0. The average molecular weight is 292 g/mol. The SMILES string of the molecule is C=C(C)CSc1nnc(-c2ccc(OC)c(OC)c2)o1. The van der Waals surface area contributed by atoms with Gasteiger partial charge in [0.15, 0.2) is 11.5 Å². The Morgan fingerprint density at radius 3 is 2.65 bits per heavy atom. The van der Waals surface area contributed by atoms with E-state index < -0.39 is 0 Å². The number of thioether (sulfide) groups is 1. The van der Waals surface area contributed by atoms with Crippen LogP contribution in [0.5, 0.6) is 11.5 Å². The second kappa shape index (κ2) is 6.47. The Hall–Kier alpha value is -1.95. The van der Waals surface area contributed by atoms with E-state index >= 15 is 0 Å². The van der Waals surface area contributed by atoms with Crippen molar-refractivity contribution in [3.63, 3.8) is 0 Å². The Labute approximate surface area is 122 Å². The first kappa shape index (κ1) is 14.5. The van der Waals surface area contributed by atoms with Crippen molar-refractivity contribution in [3.05, 3.63) is 30.4 Å². The maximum absolute atomic E-state index is 5.60. The highest BCUT2D eigenvalue weighted by Crippen LogP contribution is 2.32. The molecule has 0 spiro atoms. The van der Waals surface area contributed by atoms with Crippen molar-refractivity contribution in [1.82, 2.24) is 10.2 Å². The molecule has 1 heterocycles. The van der Waals surface area contributed by atoms with Crippen LogP contribution in [0, 0.1) is 0 Å². The first-order valence-corrected chi connectivity index (χ1v) is 6.95. The summed E-state index contributed by atoms with van der Waals surface area (Å²) in [6.07, 6.45) is 0. The molecule has 1 aromatic carbocycles. The smallest absolute Gasteiger partial charge is 0.277 e. The fourth-order valence-corrected chi connectivity index (χ4v) is 2.15. The lowest BCUT2D eigenvalue weighted by Crippen LogP contribution is -1.90. The minimum absolute atomic E-state index is 0.454. The van der Waals surface area contributed by atoms with Gasteiger partial charge in [0, 0.05) is 11.3 Å². The fourth-order valence-electron chi connectivity index (χ4n) is 1.54. The van der Waals surface area contributed by atoms with Gasteiger partial charge in [-0.05, 0) is 25.1 Å². The predicted octanol–water partition coefficient (Wildman–Crippen LogP) is 3.42. The average Bonchev–Trinajstić information content (AvgIpc) is 2.93. The molecule has 0 bridgehead atoms. The van der Waals surface area contributed by atoms with Crippen LogP contribution in [-0.4, -0.2) is 30.2 Å². The Morgan fingerprint density at radius 2 is 2.00 bits per heavy atom. The Morgan fingerprint density at radius 1 is 1.25 bits per heavy atom. The van der Waals surface area contributed by atoms with Gasteiger partial charge in [0.25, 0.3) is 5.22 Å². The molecule has 0 N–H and O–H groups in total. The zero-order chi connectivity index (χ0) is 14.5. The molecule has 0 fully saturated rings. The Balaban J connectivity index is 2.21. The molecule has 0 unspecified atom stereocenters. The van der Waals surface area contributed by atoms with E-state index in [1.54, 1.807) is 26.4 Å². The lowest BCUT2D eigenvalue weighted by atomic mass is 10.2. The first-order valence-electron chi connectivity index (χ1n) is 5.97. The van der Waals surface area contributed by atoms with E-state index in [1.165, 1.54) is 11.8 Å². The van der Waals surface area contributed by atoms with Gasteiger partial charge in [-0.25, -0.2) is 0 Å². The quantitative estimate of drug-likeness (QED) is 0.600. The van der Waals surface area contributed by atoms with Crippen molar-refractivity contribution in [2.24, 2.45) is 0 Å². The van der Waals surface area contributed by atoms with Crippen LogP contribution in [0.1, 0.15) is 6.92 Å². The number of methoxy groups -OCH3 is 2. The molecule has 5 nitrogen and oxygen atoms in total. The van der Waals surface area contributed by atoms with Gasteiger partial charge in [-0.2, -0.15) is 0 Å². The van der Waals surface area contributed by atoms with E-state index in [9.17, 15) is 0 Å². The summed E-state index contributed by atoms with van der Waals surface area (Å²) in [5, 5.41) is 8.55. The summed E-state index contributed by atoms with van der Waals surface area (Å²) in [4.78, 5) is 0. The topological polar surface area (TPSA) is 57.4 Å². The molecular weight excluding hydrogens is 276 g/mol. The normalized spacial score (nSPS) is 10.3. The van der Waals surface area contributed by atoms with E-state index in [0.717, 1.165) is 16.9 Å². The molecule has 0 atom stereocenters. The third-order valence-electron chi connectivity index (χ3n) is 2.48. The Kier molecular flexibility index (Phi) is 4.68. The lowest BCUT2D eigenvalue weighted by Gasteiger charge is -2.07. The minimum Gasteiger partial charge on any atom is -0.493 e. The van der Waals surface area contributed by atoms with Gasteiger partial charge in [-0.3, -0.25) is 0 Å². The predicted molar refractivity (Wildman–Crippen MR) is 78.4 cm³/mol. The van der Waals surface area contributed by atoms with Crippen molar-refractivity contribution >= 4 is 11.8 Å². The van der Waals surface area contributed by atoms with Gasteiger partial charge in [-0.15, -0.1) is 10.2 Å². The van der Waals surface area contributed by atoms with Crippen molar-refractivity contribution in [2.45, 2.75) is 12.1 Å². The minimum atomic E-state index is 0.454. The monoisotopic (exact) mass is 292 g/mol. The van der Waals surface area contributed by atoms with Crippen LogP contribution in [0.4, 0.5) is 0 Å². The highest BCUT2D eigenvalue weighted by atomic mass is 32.2. The maximum atomic E-state index is 5.60. The van der Waals surface area contributed by atoms with E-state index in [1.807, 2.05) is 13.0 Å². The summed E-state index contributed by atoms with van der Waals surface area (Å²) in [6, 6.07) is 5.46. The van der Waals surface area contributed by atoms with Crippen LogP contribution < -0.4 is 9.47 Å². The summed E-state index contributed by atoms with van der Waals surface area (Å²) < 4.78 is 16.0. The van der Waals surface area contributed by atoms with Crippen LogP contribution in [0.3, 0.4) is 0 Å². The first-order chi connectivity index (χ1) is 9.63. The van der Waals surface area contributed by atoms with Crippen LogP contribution in [0.2, 0.25) is 0 Å². The van der Waals surface area contributed by atoms with Crippen LogP contribution >= 0.6 is 11.8 Å². The second-order valence-electron chi connectivity index (χ2n) is 4.19. The molecule has 6 heteroatoms. The molecule has 1 aromatic heterocycles. The van der Waals surface area contributed by atoms with E-state index in [4.69, 9.17) is 13.9 Å². The fraction of sp³-hybridized carbons (Fsp3) is 0.286. The molecule has 0 aliphatic rings. The van der Waals surface area contributed by atoms with E-state index in [2.05, 4.69) is 16.8 Å². The third-order valence-corrected chi connectivity index (χ3v) is 3.53. The molecule has 0 aliphatic heterocycles. The van der Waals surface area contributed by atoms with Crippen molar-refractivity contribution < 1.29 is 13.9 Å². The molecule has 106 valence electrons. The molecule has 0 radical (unpaired) electrons. The largest absolute Gasteiger partial charge is 0.493 e. The second-order valence-corrected chi connectivity index (χ2v) is 5.12. The number of hydrogen-bond acceptors (Lipinski definition) is 6. The van der Waals surface area contributed by atoms with Crippen molar-refractivity contribution in [2.75, 3.05) is 20.0 Å². The number of aromatic nitrogens is 2. The summed E-state index contributed by atoms with van der Waals surface area (Å²) in [6.45, 7) is 5.79. The number of benzene rings is 1. The highest BCUT2D eigenvalue weighted by Gasteiger charge is 2.12. The Bertz CT molecular complexity index is 610. The summed E-state index contributed by atoms with van der Waals surface area (Å²) in [5.74, 6) is 2.50. The number of ether oxygens (including phenoxy) is 2. The molecule has 0 saturated carbocycles. The zero-order valence-electron chi connectivity index (χ0n) is 11.7. The molecule has 0 saturated heterocycles. The van der Waals surface area contributed by atoms with Gasteiger partial charge in [0.2, 0.25) is 5.89 Å². The van der Waals surface area contributed by atoms with E-state index in [0.29, 0.717) is 22.6 Å². The van der Waals surface area contributed by atoms with Gasteiger partial charge >= 0.3 is 0 Å². The van der Waals surface area contributed by atoms with Crippen molar-refractivity contribution in [1.29, 1.82) is 0 Å². The summed E-state index contributed by atoms with van der Waals surface area (Å²) >= 11 is 1.47. The van der Waals surface area contributed by atoms with Crippen molar-refractivity contribution in [3.8, 4) is 23.0 Å². The van der Waals surface area contributed by atoms with Gasteiger partial charge in [-0.1, -0.05) is 23.9 Å². The highest BCUT2D eigenvalue weighted by molar-refractivity contribution is 7.99. The summed E-state index contributed by atoms with van der Waals surface area (Å²) in [5.41, 5.74) is 1.85. The standard InChI is InChI=1S/C14H16N2O3S/c1-9(2)8-20-14-16-15-13(19-14)10-5-6-11(17-3)12(7-10)18-4/h5-7H,1,8H2,2-4H3. The third kappa shape index (κ3) is 3.33.